The molecule has 24 heavy (non-hydrogen) atoms. The van der Waals surface area contributed by atoms with E-state index in [0.29, 0.717) is 15.5 Å². The molecule has 3 aromatic rings. The highest BCUT2D eigenvalue weighted by molar-refractivity contribution is 7.20. The Hall–Kier alpha value is -2.38. The lowest BCUT2D eigenvalue weighted by atomic mass is 10.2. The Bertz CT molecular complexity index is 924. The number of methoxy groups -OCH3 is 1. The largest absolute Gasteiger partial charge is 0.508 e. The molecule has 1 aromatic carbocycles. The van der Waals surface area contributed by atoms with Crippen LogP contribution in [0.25, 0.3) is 10.2 Å². The number of carbonyl (C=O) groups is 1. The molecule has 0 atom stereocenters. The Balaban J connectivity index is 2.21. The van der Waals surface area contributed by atoms with Crippen molar-refractivity contribution < 1.29 is 14.6 Å². The third-order valence-electron chi connectivity index (χ3n) is 3.67. The molecule has 1 N–H and O–H groups in total. The number of hydrogen-bond acceptors (Lipinski definition) is 7. The van der Waals surface area contributed by atoms with Gasteiger partial charge in [0.15, 0.2) is 0 Å². The van der Waals surface area contributed by atoms with Gasteiger partial charge in [0.25, 0.3) is 0 Å². The quantitative estimate of drug-likeness (QED) is 0.561. The number of thiophene rings is 1. The van der Waals surface area contributed by atoms with Crippen molar-refractivity contribution in [1.82, 2.24) is 9.97 Å². The summed E-state index contributed by atoms with van der Waals surface area (Å²) in [5, 5.41) is 10.3. The fourth-order valence-electron chi connectivity index (χ4n) is 2.42. The average Bonchev–Trinajstić information content (AvgIpc) is 2.90. The van der Waals surface area contributed by atoms with Gasteiger partial charge in [-0.3, -0.25) is 0 Å². The van der Waals surface area contributed by atoms with Crippen LogP contribution < -0.4 is 4.90 Å². The summed E-state index contributed by atoms with van der Waals surface area (Å²) in [6.45, 7) is 1.83. The third kappa shape index (κ3) is 2.76. The molecular formula is C16H14ClN3O3S. The first kappa shape index (κ1) is 16.5. The highest BCUT2D eigenvalue weighted by Crippen LogP contribution is 2.38. The van der Waals surface area contributed by atoms with Crippen molar-refractivity contribution in [3.8, 4) is 5.75 Å². The van der Waals surface area contributed by atoms with Crippen molar-refractivity contribution in [2.24, 2.45) is 0 Å². The number of carbonyl (C=O) groups excluding carboxylic acids is 1. The molecule has 0 saturated heterocycles. The number of phenolic OH excluding ortho intramolecular Hbond substituents is 1. The molecule has 0 amide bonds. The van der Waals surface area contributed by atoms with Crippen LogP contribution in [0.4, 0.5) is 11.5 Å². The molecule has 0 aliphatic rings. The van der Waals surface area contributed by atoms with Gasteiger partial charge in [0.05, 0.1) is 12.5 Å². The predicted octanol–water partition coefficient (Wildman–Crippen LogP) is 3.91. The second kappa shape index (κ2) is 6.26. The molecule has 0 fully saturated rings. The lowest BCUT2D eigenvalue weighted by Gasteiger charge is -2.19. The number of halogens is 1. The second-order valence-corrected chi connectivity index (χ2v) is 6.46. The fraction of sp³-hybridized carbons (Fsp3) is 0.188. The van der Waals surface area contributed by atoms with Gasteiger partial charge in [-0.25, -0.2) is 9.78 Å². The van der Waals surface area contributed by atoms with Crippen LogP contribution in [0.15, 0.2) is 24.3 Å². The second-order valence-electron chi connectivity index (χ2n) is 5.12. The van der Waals surface area contributed by atoms with Crippen LogP contribution in [-0.4, -0.2) is 35.2 Å². The van der Waals surface area contributed by atoms with Crippen molar-refractivity contribution in [2.45, 2.75) is 6.92 Å². The number of fused-ring (bicyclic) bond motifs is 1. The minimum Gasteiger partial charge on any atom is -0.508 e. The van der Waals surface area contributed by atoms with Crippen molar-refractivity contribution in [1.29, 1.82) is 0 Å². The van der Waals surface area contributed by atoms with Gasteiger partial charge in [-0.05, 0) is 48.4 Å². The number of hydrogen-bond donors (Lipinski definition) is 1. The highest BCUT2D eigenvalue weighted by atomic mass is 35.5. The van der Waals surface area contributed by atoms with Gasteiger partial charge in [0, 0.05) is 12.7 Å². The van der Waals surface area contributed by atoms with Gasteiger partial charge < -0.3 is 14.7 Å². The van der Waals surface area contributed by atoms with Crippen molar-refractivity contribution in [3.63, 3.8) is 0 Å². The number of aromatic nitrogens is 2. The summed E-state index contributed by atoms with van der Waals surface area (Å²) >= 11 is 7.28. The van der Waals surface area contributed by atoms with Gasteiger partial charge in [-0.1, -0.05) is 0 Å². The number of esters is 1. The summed E-state index contributed by atoms with van der Waals surface area (Å²) in [5.41, 5.74) is 1.56. The minimum absolute atomic E-state index is 0.0980. The molecule has 0 radical (unpaired) electrons. The zero-order chi connectivity index (χ0) is 17.4. The van der Waals surface area contributed by atoms with Crippen molar-refractivity contribution in [3.05, 3.63) is 40.0 Å². The van der Waals surface area contributed by atoms with Crippen LogP contribution in [0.1, 0.15) is 15.2 Å². The first-order chi connectivity index (χ1) is 11.4. The zero-order valence-electron chi connectivity index (χ0n) is 13.2. The van der Waals surface area contributed by atoms with Crippen LogP contribution in [0.2, 0.25) is 5.28 Å². The number of aromatic hydroxyl groups is 1. The van der Waals surface area contributed by atoms with E-state index in [0.717, 1.165) is 16.6 Å². The monoisotopic (exact) mass is 363 g/mol. The minimum atomic E-state index is -0.412. The Morgan fingerprint density at radius 3 is 2.58 bits per heavy atom. The molecule has 0 saturated carbocycles. The molecule has 3 rings (SSSR count). The fourth-order valence-corrected chi connectivity index (χ4v) is 3.73. The predicted molar refractivity (Wildman–Crippen MR) is 94.7 cm³/mol. The van der Waals surface area contributed by atoms with E-state index in [1.807, 2.05) is 18.9 Å². The highest BCUT2D eigenvalue weighted by Gasteiger charge is 2.22. The standard InChI is InChI=1S/C16H14ClN3O3S/c1-8-11-13(20(2)9-4-6-10(21)7-5-9)18-16(17)19-14(11)24-12(8)15(22)23-3/h4-7,21H,1-3H3. The van der Waals surface area contributed by atoms with E-state index in [1.165, 1.54) is 18.4 Å². The van der Waals surface area contributed by atoms with E-state index in [1.54, 1.807) is 24.3 Å². The first-order valence-corrected chi connectivity index (χ1v) is 8.19. The number of nitrogens with zero attached hydrogens (tertiary/aromatic N) is 3. The van der Waals surface area contributed by atoms with Gasteiger partial charge in [-0.2, -0.15) is 4.98 Å². The molecule has 8 heteroatoms. The number of ether oxygens (including phenoxy) is 1. The Morgan fingerprint density at radius 2 is 1.96 bits per heavy atom. The first-order valence-electron chi connectivity index (χ1n) is 7.00. The van der Waals surface area contributed by atoms with E-state index in [2.05, 4.69) is 9.97 Å². The van der Waals surface area contributed by atoms with Gasteiger partial charge in [0.1, 0.15) is 21.3 Å². The number of phenols is 1. The Labute approximate surface area is 147 Å². The molecule has 2 aromatic heterocycles. The average molecular weight is 364 g/mol. The number of benzene rings is 1. The molecular weight excluding hydrogens is 350 g/mol. The molecule has 124 valence electrons. The van der Waals surface area contributed by atoms with Gasteiger partial charge >= 0.3 is 5.97 Å². The van der Waals surface area contributed by atoms with Crippen molar-refractivity contribution in [2.75, 3.05) is 19.1 Å². The van der Waals surface area contributed by atoms with Crippen LogP contribution in [-0.2, 0) is 4.74 Å². The lowest BCUT2D eigenvalue weighted by molar-refractivity contribution is 0.0605. The molecule has 0 spiro atoms. The smallest absolute Gasteiger partial charge is 0.348 e. The molecule has 2 heterocycles. The maximum absolute atomic E-state index is 11.9. The van der Waals surface area contributed by atoms with E-state index >= 15 is 0 Å². The Kier molecular flexibility index (Phi) is 4.29. The van der Waals surface area contributed by atoms with Crippen molar-refractivity contribution >= 4 is 50.6 Å². The maximum Gasteiger partial charge on any atom is 0.348 e. The number of rotatable bonds is 3. The molecule has 6 nitrogen and oxygen atoms in total. The van der Waals surface area contributed by atoms with Crippen LogP contribution in [0, 0.1) is 6.92 Å². The topological polar surface area (TPSA) is 75.5 Å². The van der Waals surface area contributed by atoms with Crippen LogP contribution in [0.3, 0.4) is 0 Å². The van der Waals surface area contributed by atoms with E-state index in [4.69, 9.17) is 16.3 Å². The van der Waals surface area contributed by atoms with Crippen LogP contribution in [0.5, 0.6) is 5.75 Å². The molecule has 0 unspecified atom stereocenters. The maximum atomic E-state index is 11.9. The van der Waals surface area contributed by atoms with E-state index in [-0.39, 0.29) is 11.0 Å². The lowest BCUT2D eigenvalue weighted by Crippen LogP contribution is -2.12. The summed E-state index contributed by atoms with van der Waals surface area (Å²) in [7, 11) is 3.17. The molecule has 0 aliphatic heterocycles. The Morgan fingerprint density at radius 1 is 1.29 bits per heavy atom. The van der Waals surface area contributed by atoms with Crippen LogP contribution >= 0.6 is 22.9 Å². The normalized spacial score (nSPS) is 10.8. The summed E-state index contributed by atoms with van der Waals surface area (Å²) in [6.07, 6.45) is 0. The van der Waals surface area contributed by atoms with Gasteiger partial charge in [-0.15, -0.1) is 11.3 Å². The molecule has 0 aliphatic carbocycles. The third-order valence-corrected chi connectivity index (χ3v) is 5.00. The SMILES string of the molecule is COC(=O)c1sc2nc(Cl)nc(N(C)c3ccc(O)cc3)c2c1C. The van der Waals surface area contributed by atoms with E-state index < -0.39 is 5.97 Å². The number of aryl methyl sites for hydroxylation is 1. The summed E-state index contributed by atoms with van der Waals surface area (Å²) in [4.78, 5) is 23.4. The number of anilines is 2. The summed E-state index contributed by atoms with van der Waals surface area (Å²) in [5.74, 6) is 0.349. The zero-order valence-corrected chi connectivity index (χ0v) is 14.8. The van der Waals surface area contributed by atoms with E-state index in [9.17, 15) is 9.90 Å². The molecule has 0 bridgehead atoms. The summed E-state index contributed by atoms with van der Waals surface area (Å²) < 4.78 is 4.82. The summed E-state index contributed by atoms with van der Waals surface area (Å²) in [6, 6.07) is 6.71. The van der Waals surface area contributed by atoms with Gasteiger partial charge in [0.2, 0.25) is 5.28 Å².